The van der Waals surface area contributed by atoms with Crippen LogP contribution in [0.15, 0.2) is 30.3 Å². The van der Waals surface area contributed by atoms with Crippen molar-refractivity contribution in [1.82, 2.24) is 0 Å². The second kappa shape index (κ2) is 4.87. The van der Waals surface area contributed by atoms with E-state index in [4.69, 9.17) is 0 Å². The van der Waals surface area contributed by atoms with E-state index < -0.39 is 0 Å². The molecule has 96 valence electrons. The first-order valence-electron chi connectivity index (χ1n) is 7.41. The first-order chi connectivity index (χ1) is 8.83. The molecule has 3 rings (SSSR count). The normalized spacial score (nSPS) is 32.7. The lowest BCUT2D eigenvalue weighted by atomic mass is 9.57. The van der Waals surface area contributed by atoms with Gasteiger partial charge in [0.1, 0.15) is 5.78 Å². The predicted molar refractivity (Wildman–Crippen MR) is 73.6 cm³/mol. The minimum atomic E-state index is -0.00213. The number of rotatable bonds is 1. The fourth-order valence-electron chi connectivity index (χ4n) is 4.16. The first kappa shape index (κ1) is 12.0. The van der Waals surface area contributed by atoms with Gasteiger partial charge in [-0.1, -0.05) is 49.6 Å². The minimum Gasteiger partial charge on any atom is -0.299 e. The predicted octanol–water partition coefficient (Wildman–Crippen LogP) is 4.47. The lowest BCUT2D eigenvalue weighted by molar-refractivity contribution is -0.134. The van der Waals surface area contributed by atoms with Crippen LogP contribution in [0, 0.1) is 5.41 Å². The second-order valence-electron chi connectivity index (χ2n) is 6.00. The van der Waals surface area contributed by atoms with Gasteiger partial charge in [-0.3, -0.25) is 4.79 Å². The number of carbonyl (C=O) groups is 1. The summed E-state index contributed by atoms with van der Waals surface area (Å²) in [5.74, 6) is 1.04. The van der Waals surface area contributed by atoms with Gasteiger partial charge in [0.2, 0.25) is 0 Å². The van der Waals surface area contributed by atoms with E-state index in [2.05, 4.69) is 30.3 Å². The fraction of sp³-hybridized carbons (Fsp3) is 0.588. The van der Waals surface area contributed by atoms with Crippen molar-refractivity contribution in [3.63, 3.8) is 0 Å². The number of hydrogen-bond donors (Lipinski definition) is 0. The summed E-state index contributed by atoms with van der Waals surface area (Å²) in [6, 6.07) is 10.7. The Bertz CT molecular complexity index is 416. The van der Waals surface area contributed by atoms with E-state index in [1.807, 2.05) is 0 Å². The number of hydrogen-bond acceptors (Lipinski definition) is 1. The molecule has 2 saturated carbocycles. The highest BCUT2D eigenvalue weighted by atomic mass is 16.1. The number of carbonyl (C=O) groups excluding carboxylic acids is 1. The van der Waals surface area contributed by atoms with E-state index >= 15 is 0 Å². The number of Topliss-reactive ketones (excluding diaryl/α,β-unsaturated/α-hetero) is 1. The van der Waals surface area contributed by atoms with Crippen molar-refractivity contribution in [2.75, 3.05) is 0 Å². The van der Waals surface area contributed by atoms with Gasteiger partial charge in [-0.2, -0.15) is 0 Å². The molecule has 0 unspecified atom stereocenters. The topological polar surface area (TPSA) is 17.1 Å². The molecule has 18 heavy (non-hydrogen) atoms. The molecule has 2 aliphatic carbocycles. The second-order valence-corrected chi connectivity index (χ2v) is 6.00. The summed E-state index contributed by atoms with van der Waals surface area (Å²) >= 11 is 0. The van der Waals surface area contributed by atoms with Gasteiger partial charge in [-0.25, -0.2) is 0 Å². The molecule has 1 spiro atoms. The molecule has 1 nitrogen and oxygen atoms in total. The minimum absolute atomic E-state index is 0.00213. The molecule has 0 aliphatic heterocycles. The summed E-state index contributed by atoms with van der Waals surface area (Å²) in [6.07, 6.45) is 9.18. The molecule has 1 aromatic rings. The molecule has 1 heteroatoms. The van der Waals surface area contributed by atoms with E-state index in [-0.39, 0.29) is 5.41 Å². The van der Waals surface area contributed by atoms with Crippen molar-refractivity contribution in [2.45, 2.75) is 57.3 Å². The highest BCUT2D eigenvalue weighted by molar-refractivity contribution is 5.86. The molecule has 0 saturated heterocycles. The third-order valence-corrected chi connectivity index (χ3v) is 5.07. The number of benzene rings is 1. The van der Waals surface area contributed by atoms with Crippen molar-refractivity contribution in [1.29, 1.82) is 0 Å². The molecule has 0 heterocycles. The highest BCUT2D eigenvalue weighted by Gasteiger charge is 2.47. The maximum Gasteiger partial charge on any atom is 0.139 e. The van der Waals surface area contributed by atoms with E-state index in [1.54, 1.807) is 0 Å². The fourth-order valence-corrected chi connectivity index (χ4v) is 4.16. The maximum atomic E-state index is 12.6. The summed E-state index contributed by atoms with van der Waals surface area (Å²) in [5, 5.41) is 0. The molecule has 0 aromatic heterocycles. The standard InChI is InChI=1S/C17H22O/c18-16-11-5-7-13-17(16)12-6-4-10-15(17)14-8-2-1-3-9-14/h1-3,8-9,15H,4-7,10-13H2/t15-,17-/m0/s1. The summed E-state index contributed by atoms with van der Waals surface area (Å²) in [7, 11) is 0. The van der Waals surface area contributed by atoms with Gasteiger partial charge < -0.3 is 0 Å². The molecule has 1 aromatic carbocycles. The van der Waals surface area contributed by atoms with Crippen LogP contribution in [0.1, 0.15) is 62.8 Å². The van der Waals surface area contributed by atoms with Gasteiger partial charge in [-0.05, 0) is 37.2 Å². The molecule has 0 amide bonds. The first-order valence-corrected chi connectivity index (χ1v) is 7.41. The third-order valence-electron chi connectivity index (χ3n) is 5.07. The Labute approximate surface area is 110 Å². The van der Waals surface area contributed by atoms with Crippen molar-refractivity contribution in [3.05, 3.63) is 35.9 Å². The molecule has 2 aliphatic rings. The van der Waals surface area contributed by atoms with Crippen LogP contribution < -0.4 is 0 Å². The monoisotopic (exact) mass is 242 g/mol. The lowest BCUT2D eigenvalue weighted by Crippen LogP contribution is -2.41. The summed E-state index contributed by atoms with van der Waals surface area (Å²) in [5.41, 5.74) is 1.39. The Hall–Kier alpha value is -1.11. The van der Waals surface area contributed by atoms with Crippen LogP contribution in [0.3, 0.4) is 0 Å². The number of ketones is 1. The Balaban J connectivity index is 1.97. The van der Waals surface area contributed by atoms with E-state index in [1.165, 1.54) is 31.2 Å². The zero-order valence-corrected chi connectivity index (χ0v) is 11.0. The quantitative estimate of drug-likeness (QED) is 0.710. The van der Waals surface area contributed by atoms with E-state index in [9.17, 15) is 4.79 Å². The van der Waals surface area contributed by atoms with Crippen LogP contribution in [-0.4, -0.2) is 5.78 Å². The summed E-state index contributed by atoms with van der Waals surface area (Å²) in [6.45, 7) is 0. The van der Waals surface area contributed by atoms with Gasteiger partial charge in [0.05, 0.1) is 0 Å². The SMILES string of the molecule is O=C1CCCC[C@]12CCCC[C@H]2c1ccccc1. The Morgan fingerprint density at radius 1 is 0.944 bits per heavy atom. The smallest absolute Gasteiger partial charge is 0.139 e. The van der Waals surface area contributed by atoms with Gasteiger partial charge in [0, 0.05) is 11.8 Å². The van der Waals surface area contributed by atoms with Gasteiger partial charge in [-0.15, -0.1) is 0 Å². The van der Waals surface area contributed by atoms with Crippen molar-refractivity contribution < 1.29 is 4.79 Å². The zero-order chi connectivity index (χ0) is 12.4. The third kappa shape index (κ3) is 1.90. The van der Waals surface area contributed by atoms with Crippen LogP contribution >= 0.6 is 0 Å². The van der Waals surface area contributed by atoms with Crippen LogP contribution in [0.25, 0.3) is 0 Å². The highest BCUT2D eigenvalue weighted by Crippen LogP contribution is 2.53. The zero-order valence-electron chi connectivity index (χ0n) is 11.0. The van der Waals surface area contributed by atoms with Crippen LogP contribution in [0.2, 0.25) is 0 Å². The molecule has 0 bridgehead atoms. The van der Waals surface area contributed by atoms with Crippen molar-refractivity contribution in [3.8, 4) is 0 Å². The molecule has 2 fully saturated rings. The van der Waals surface area contributed by atoms with Gasteiger partial charge in [0.25, 0.3) is 0 Å². The largest absolute Gasteiger partial charge is 0.299 e. The van der Waals surface area contributed by atoms with Crippen LogP contribution in [0.4, 0.5) is 0 Å². The van der Waals surface area contributed by atoms with E-state index in [0.29, 0.717) is 11.7 Å². The lowest BCUT2D eigenvalue weighted by Gasteiger charge is -2.45. The van der Waals surface area contributed by atoms with Crippen LogP contribution in [-0.2, 0) is 4.79 Å². The van der Waals surface area contributed by atoms with Crippen molar-refractivity contribution in [2.24, 2.45) is 5.41 Å². The average Bonchev–Trinajstić information content (AvgIpc) is 2.44. The molecular weight excluding hydrogens is 220 g/mol. The van der Waals surface area contributed by atoms with Gasteiger partial charge >= 0.3 is 0 Å². The molecule has 0 radical (unpaired) electrons. The molecule has 0 N–H and O–H groups in total. The Kier molecular flexibility index (Phi) is 3.23. The molecular formula is C17H22O. The van der Waals surface area contributed by atoms with E-state index in [0.717, 1.165) is 25.7 Å². The van der Waals surface area contributed by atoms with Crippen LogP contribution in [0.5, 0.6) is 0 Å². The molecule has 2 atom stereocenters. The average molecular weight is 242 g/mol. The van der Waals surface area contributed by atoms with Crippen molar-refractivity contribution >= 4 is 5.78 Å². The van der Waals surface area contributed by atoms with Gasteiger partial charge in [0.15, 0.2) is 0 Å². The summed E-state index contributed by atoms with van der Waals surface area (Å²) in [4.78, 5) is 12.6. The maximum absolute atomic E-state index is 12.6. The Morgan fingerprint density at radius 3 is 2.39 bits per heavy atom. The Morgan fingerprint density at radius 2 is 1.67 bits per heavy atom. The summed E-state index contributed by atoms with van der Waals surface area (Å²) < 4.78 is 0.